The van der Waals surface area contributed by atoms with Gasteiger partial charge in [-0.15, -0.1) is 6.58 Å². The van der Waals surface area contributed by atoms with Gasteiger partial charge in [-0.25, -0.2) is 17.6 Å². The molecule has 0 aromatic heterocycles. The molecule has 3 aromatic carbocycles. The Morgan fingerprint density at radius 1 is 0.744 bits per heavy atom. The highest BCUT2D eigenvalue weighted by atomic mass is 19.3. The van der Waals surface area contributed by atoms with Crippen LogP contribution in [0, 0.1) is 23.3 Å². The summed E-state index contributed by atoms with van der Waals surface area (Å²) in [5.74, 6) is -19.8. The summed E-state index contributed by atoms with van der Waals surface area (Å²) >= 11 is 0. The number of fused-ring (bicyclic) bond motifs is 3. The Morgan fingerprint density at radius 3 is 1.87 bits per heavy atom. The van der Waals surface area contributed by atoms with Crippen LogP contribution >= 0.6 is 0 Å². The van der Waals surface area contributed by atoms with Crippen molar-refractivity contribution in [1.29, 1.82) is 0 Å². The second-order valence-corrected chi connectivity index (χ2v) is 9.01. The maximum Gasteiger partial charge on any atom is 0.429 e. The molecule has 0 N–H and O–H groups in total. The zero-order valence-corrected chi connectivity index (χ0v) is 20.3. The smallest absolute Gasteiger partial charge is 0.426 e. The van der Waals surface area contributed by atoms with Gasteiger partial charge in [-0.3, -0.25) is 0 Å². The van der Waals surface area contributed by atoms with E-state index < -0.39 is 74.8 Å². The zero-order valence-electron chi connectivity index (χ0n) is 20.3. The Labute approximate surface area is 216 Å². The lowest BCUT2D eigenvalue weighted by molar-refractivity contribution is -0.228. The molecular weight excluding hydrogens is 542 g/mol. The fraction of sp³-hybridized carbons (Fsp3) is 0.286. The molecule has 0 amide bonds. The van der Waals surface area contributed by atoms with E-state index in [2.05, 4.69) is 11.3 Å². The zero-order chi connectivity index (χ0) is 28.9. The van der Waals surface area contributed by atoms with Gasteiger partial charge >= 0.3 is 18.0 Å². The Morgan fingerprint density at radius 2 is 1.28 bits per heavy atom. The molecule has 0 unspecified atom stereocenters. The van der Waals surface area contributed by atoms with Crippen molar-refractivity contribution in [3.05, 3.63) is 100 Å². The van der Waals surface area contributed by atoms with E-state index >= 15 is 22.0 Å². The van der Waals surface area contributed by atoms with Crippen molar-refractivity contribution in [3.8, 4) is 16.9 Å². The molecule has 208 valence electrons. The molecule has 3 aromatic rings. The van der Waals surface area contributed by atoms with Crippen molar-refractivity contribution in [2.24, 2.45) is 0 Å². The second-order valence-electron chi connectivity index (χ2n) is 9.01. The molecule has 0 atom stereocenters. The molecule has 0 fully saturated rings. The summed E-state index contributed by atoms with van der Waals surface area (Å²) < 4.78 is 153. The number of hydrogen-bond donors (Lipinski definition) is 0. The standard InChI is InChI=1S/C28H20F10O/c1-3-5-7-15-9-12-18(24(31)23(15)30)28(37,38)39-19-13-11-17-16-10-8-14(6-4-2)22(29)20(16)26(33,34)27(35,36)21(17)25(19)32/h3,8-13H,1,4-7H2,2H3. The summed E-state index contributed by atoms with van der Waals surface area (Å²) in [6.07, 6.45) is -2.99. The van der Waals surface area contributed by atoms with Crippen LogP contribution in [0.4, 0.5) is 43.9 Å². The van der Waals surface area contributed by atoms with Crippen molar-refractivity contribution < 1.29 is 48.6 Å². The van der Waals surface area contributed by atoms with Gasteiger partial charge in [0, 0.05) is 0 Å². The van der Waals surface area contributed by atoms with Crippen molar-refractivity contribution in [1.82, 2.24) is 0 Å². The molecule has 0 spiro atoms. The third kappa shape index (κ3) is 4.45. The number of aryl methyl sites for hydroxylation is 2. The third-order valence-electron chi connectivity index (χ3n) is 6.49. The minimum atomic E-state index is -5.39. The quantitative estimate of drug-likeness (QED) is 0.196. The van der Waals surface area contributed by atoms with Crippen LogP contribution < -0.4 is 4.74 Å². The van der Waals surface area contributed by atoms with Gasteiger partial charge in [0.2, 0.25) is 0 Å². The van der Waals surface area contributed by atoms with Gasteiger partial charge in [-0.2, -0.15) is 26.3 Å². The largest absolute Gasteiger partial charge is 0.429 e. The molecule has 0 heterocycles. The van der Waals surface area contributed by atoms with E-state index in [-0.39, 0.29) is 30.4 Å². The number of rotatable bonds is 8. The minimum absolute atomic E-state index is 0.0315. The van der Waals surface area contributed by atoms with Crippen LogP contribution in [-0.4, -0.2) is 0 Å². The maximum absolute atomic E-state index is 15.3. The van der Waals surface area contributed by atoms with Crippen LogP contribution in [0.15, 0.2) is 49.1 Å². The Hall–Kier alpha value is -3.50. The number of halogens is 10. The van der Waals surface area contributed by atoms with Gasteiger partial charge < -0.3 is 4.74 Å². The summed E-state index contributed by atoms with van der Waals surface area (Å²) in [4.78, 5) is 0. The molecule has 11 heteroatoms. The van der Waals surface area contributed by atoms with Crippen LogP contribution in [-0.2, 0) is 30.8 Å². The van der Waals surface area contributed by atoms with Crippen LogP contribution in [0.1, 0.15) is 47.6 Å². The Kier molecular flexibility index (Phi) is 7.24. The topological polar surface area (TPSA) is 9.23 Å². The highest BCUT2D eigenvalue weighted by molar-refractivity contribution is 5.77. The van der Waals surface area contributed by atoms with E-state index in [1.807, 2.05) is 0 Å². The highest BCUT2D eigenvalue weighted by Gasteiger charge is 2.65. The lowest BCUT2D eigenvalue weighted by Crippen LogP contribution is -2.41. The molecule has 1 nitrogen and oxygen atoms in total. The van der Waals surface area contributed by atoms with Gasteiger partial charge in [0.05, 0.1) is 11.1 Å². The van der Waals surface area contributed by atoms with E-state index in [0.29, 0.717) is 24.6 Å². The van der Waals surface area contributed by atoms with Gasteiger partial charge in [0.1, 0.15) is 11.4 Å². The van der Waals surface area contributed by atoms with Crippen molar-refractivity contribution in [3.63, 3.8) is 0 Å². The van der Waals surface area contributed by atoms with Crippen LogP contribution in [0.25, 0.3) is 11.1 Å². The van der Waals surface area contributed by atoms with Crippen LogP contribution in [0.2, 0.25) is 0 Å². The first kappa shape index (κ1) is 28.5. The average molecular weight is 562 g/mol. The summed E-state index contributed by atoms with van der Waals surface area (Å²) in [6, 6.07) is 4.36. The molecule has 0 aliphatic heterocycles. The normalized spacial score (nSPS) is 15.5. The van der Waals surface area contributed by atoms with Gasteiger partial charge in [-0.05, 0) is 59.7 Å². The van der Waals surface area contributed by atoms with E-state index in [1.165, 1.54) is 6.08 Å². The molecule has 1 aliphatic rings. The number of benzene rings is 3. The average Bonchev–Trinajstić information content (AvgIpc) is 2.86. The Bertz CT molecular complexity index is 1440. The highest BCUT2D eigenvalue weighted by Crippen LogP contribution is 2.60. The number of ether oxygens (including phenoxy) is 1. The number of allylic oxidation sites excluding steroid dienone is 1. The maximum atomic E-state index is 15.3. The van der Waals surface area contributed by atoms with Gasteiger partial charge in [0.15, 0.2) is 23.2 Å². The van der Waals surface area contributed by atoms with Gasteiger partial charge in [-0.1, -0.05) is 37.6 Å². The predicted octanol–water partition coefficient (Wildman–Crippen LogP) is 9.31. The summed E-state index contributed by atoms with van der Waals surface area (Å²) in [5, 5.41) is 0. The van der Waals surface area contributed by atoms with Crippen molar-refractivity contribution in [2.75, 3.05) is 0 Å². The van der Waals surface area contributed by atoms with E-state index in [1.54, 1.807) is 6.92 Å². The lowest BCUT2D eigenvalue weighted by atomic mass is 9.79. The van der Waals surface area contributed by atoms with Crippen LogP contribution in [0.3, 0.4) is 0 Å². The van der Waals surface area contributed by atoms with E-state index in [0.717, 1.165) is 18.2 Å². The van der Waals surface area contributed by atoms with Crippen LogP contribution in [0.5, 0.6) is 5.75 Å². The fourth-order valence-electron chi connectivity index (χ4n) is 4.55. The first-order valence-electron chi connectivity index (χ1n) is 11.8. The first-order valence-corrected chi connectivity index (χ1v) is 11.8. The van der Waals surface area contributed by atoms with E-state index in [9.17, 15) is 22.0 Å². The molecular formula is C28H20F10O. The molecule has 0 saturated carbocycles. The SMILES string of the molecule is C=CCCc1ccc(C(F)(F)Oc2ccc3c(c2F)C(F)(F)C(F)(F)c2c-3ccc(CCC)c2F)c(F)c1F. The second kappa shape index (κ2) is 9.91. The van der Waals surface area contributed by atoms with E-state index in [4.69, 9.17) is 0 Å². The Balaban J connectivity index is 1.82. The molecule has 0 radical (unpaired) electrons. The fourth-order valence-corrected chi connectivity index (χ4v) is 4.55. The lowest BCUT2D eigenvalue weighted by Gasteiger charge is -2.36. The molecule has 39 heavy (non-hydrogen) atoms. The molecule has 1 aliphatic carbocycles. The number of alkyl halides is 6. The summed E-state index contributed by atoms with van der Waals surface area (Å²) in [6.45, 7) is 5.02. The predicted molar refractivity (Wildman–Crippen MR) is 123 cm³/mol. The van der Waals surface area contributed by atoms with Crippen molar-refractivity contribution in [2.45, 2.75) is 50.6 Å². The first-order chi connectivity index (χ1) is 18.2. The minimum Gasteiger partial charge on any atom is -0.426 e. The summed E-state index contributed by atoms with van der Waals surface area (Å²) in [7, 11) is 0. The molecule has 0 saturated heterocycles. The monoisotopic (exact) mass is 562 g/mol. The molecule has 0 bridgehead atoms. The molecule has 4 rings (SSSR count). The summed E-state index contributed by atoms with van der Waals surface area (Å²) in [5.41, 5.74) is -7.44. The van der Waals surface area contributed by atoms with Crippen molar-refractivity contribution >= 4 is 0 Å². The number of hydrogen-bond acceptors (Lipinski definition) is 1. The van der Waals surface area contributed by atoms with Gasteiger partial charge in [0.25, 0.3) is 0 Å². The third-order valence-corrected chi connectivity index (χ3v) is 6.49.